The number of Topliss-reactive ketones (excluding diaryl/α,β-unsaturated/α-hetero) is 1. The molecule has 16 heavy (non-hydrogen) atoms. The van der Waals surface area contributed by atoms with Crippen molar-refractivity contribution in [2.75, 3.05) is 0 Å². The van der Waals surface area contributed by atoms with Gasteiger partial charge in [0.15, 0.2) is 6.10 Å². The van der Waals surface area contributed by atoms with E-state index in [0.29, 0.717) is 5.56 Å². The normalized spacial score (nSPS) is 10.9. The smallest absolute Gasteiger partial charge is 0.303 e. The molecule has 1 aromatic carbocycles. The predicted molar refractivity (Wildman–Crippen MR) is 59.8 cm³/mol. The van der Waals surface area contributed by atoms with Gasteiger partial charge in [-0.05, 0) is 12.8 Å². The maximum absolute atomic E-state index is 11.5. The second kappa shape index (κ2) is 5.72. The minimum absolute atomic E-state index is 0.278. The van der Waals surface area contributed by atoms with Gasteiger partial charge in [0.05, 0.1) is 0 Å². The number of benzene rings is 1. The van der Waals surface area contributed by atoms with E-state index in [1.54, 1.807) is 31.2 Å². The van der Waals surface area contributed by atoms with E-state index >= 15 is 0 Å². The van der Waals surface area contributed by atoms with Crippen LogP contribution in [0.15, 0.2) is 30.3 Å². The molecule has 0 heterocycles. The highest BCUT2D eigenvalue weighted by Gasteiger charge is 2.02. The summed E-state index contributed by atoms with van der Waals surface area (Å²) in [6, 6.07) is 8.74. The standard InChI is InChI=1S/C13H12O3/c1-10(16-11(2)14)8-9-13(15)12-6-4-3-5-7-12/h3-7,10H,1-2H3. The molecular formula is C13H12O3. The van der Waals surface area contributed by atoms with Gasteiger partial charge in [0.2, 0.25) is 5.78 Å². The molecule has 3 heteroatoms. The third-order valence-corrected chi connectivity index (χ3v) is 1.77. The van der Waals surface area contributed by atoms with Crippen molar-refractivity contribution in [2.24, 2.45) is 0 Å². The number of hydrogen-bond acceptors (Lipinski definition) is 3. The molecule has 0 aliphatic rings. The molecule has 0 aliphatic heterocycles. The van der Waals surface area contributed by atoms with Crippen LogP contribution >= 0.6 is 0 Å². The Labute approximate surface area is 94.4 Å². The molecule has 0 radical (unpaired) electrons. The molecule has 0 bridgehead atoms. The Morgan fingerprint density at radius 1 is 1.25 bits per heavy atom. The number of ketones is 1. The molecule has 0 aliphatic carbocycles. The van der Waals surface area contributed by atoms with Gasteiger partial charge in [0.1, 0.15) is 0 Å². The maximum atomic E-state index is 11.5. The van der Waals surface area contributed by atoms with E-state index in [4.69, 9.17) is 4.74 Å². The number of rotatable bonds is 2. The molecule has 1 aromatic rings. The molecule has 0 amide bonds. The Morgan fingerprint density at radius 3 is 2.44 bits per heavy atom. The molecule has 1 rings (SSSR count). The van der Waals surface area contributed by atoms with Crippen LogP contribution in [0.3, 0.4) is 0 Å². The first kappa shape index (κ1) is 12.0. The minimum atomic E-state index is -0.565. The molecular weight excluding hydrogens is 204 g/mol. The summed E-state index contributed by atoms with van der Waals surface area (Å²) in [5.41, 5.74) is 0.532. The average molecular weight is 216 g/mol. The molecule has 1 unspecified atom stereocenters. The molecule has 0 saturated heterocycles. The molecule has 82 valence electrons. The fraction of sp³-hybridized carbons (Fsp3) is 0.231. The third kappa shape index (κ3) is 3.97. The lowest BCUT2D eigenvalue weighted by molar-refractivity contribution is -0.143. The van der Waals surface area contributed by atoms with Crippen molar-refractivity contribution in [1.29, 1.82) is 0 Å². The lowest BCUT2D eigenvalue weighted by atomic mass is 10.1. The van der Waals surface area contributed by atoms with Gasteiger partial charge in [-0.25, -0.2) is 0 Å². The third-order valence-electron chi connectivity index (χ3n) is 1.77. The molecule has 0 N–H and O–H groups in total. The zero-order chi connectivity index (χ0) is 12.0. The summed E-state index contributed by atoms with van der Waals surface area (Å²) < 4.78 is 4.77. The maximum Gasteiger partial charge on any atom is 0.303 e. The second-order valence-electron chi connectivity index (χ2n) is 3.22. The first-order valence-corrected chi connectivity index (χ1v) is 4.87. The van der Waals surface area contributed by atoms with E-state index in [-0.39, 0.29) is 5.78 Å². The van der Waals surface area contributed by atoms with Gasteiger partial charge < -0.3 is 4.74 Å². The Balaban J connectivity index is 2.65. The molecule has 1 atom stereocenters. The first-order chi connectivity index (χ1) is 7.59. The number of hydrogen-bond donors (Lipinski definition) is 0. The van der Waals surface area contributed by atoms with Crippen LogP contribution in [0.5, 0.6) is 0 Å². The fourth-order valence-electron chi connectivity index (χ4n) is 1.11. The van der Waals surface area contributed by atoms with Gasteiger partial charge in [-0.1, -0.05) is 36.3 Å². The van der Waals surface area contributed by atoms with Crippen LogP contribution in [0.4, 0.5) is 0 Å². The Kier molecular flexibility index (Phi) is 4.28. The van der Waals surface area contributed by atoms with Crippen LogP contribution in [0.2, 0.25) is 0 Å². The van der Waals surface area contributed by atoms with E-state index in [0.717, 1.165) is 0 Å². The lowest BCUT2D eigenvalue weighted by Gasteiger charge is -2.02. The van der Waals surface area contributed by atoms with Crippen molar-refractivity contribution in [3.63, 3.8) is 0 Å². The van der Waals surface area contributed by atoms with Crippen molar-refractivity contribution < 1.29 is 14.3 Å². The second-order valence-corrected chi connectivity index (χ2v) is 3.22. The van der Waals surface area contributed by atoms with Gasteiger partial charge in [0.25, 0.3) is 0 Å². The summed E-state index contributed by atoms with van der Waals surface area (Å²) >= 11 is 0. The van der Waals surface area contributed by atoms with E-state index in [2.05, 4.69) is 11.8 Å². The number of esters is 1. The average Bonchev–Trinajstić information content (AvgIpc) is 2.26. The quantitative estimate of drug-likeness (QED) is 0.328. The van der Waals surface area contributed by atoms with Crippen LogP contribution < -0.4 is 0 Å². The molecule has 0 spiro atoms. The zero-order valence-electron chi connectivity index (χ0n) is 9.19. The molecule has 0 aromatic heterocycles. The van der Waals surface area contributed by atoms with Crippen LogP contribution in [-0.2, 0) is 9.53 Å². The van der Waals surface area contributed by atoms with E-state index in [9.17, 15) is 9.59 Å². The molecule has 3 nitrogen and oxygen atoms in total. The Morgan fingerprint density at radius 2 is 1.88 bits per heavy atom. The molecule has 0 saturated carbocycles. The van der Waals surface area contributed by atoms with Gasteiger partial charge in [-0.3, -0.25) is 9.59 Å². The van der Waals surface area contributed by atoms with Gasteiger partial charge >= 0.3 is 5.97 Å². The van der Waals surface area contributed by atoms with Crippen molar-refractivity contribution in [3.8, 4) is 11.8 Å². The predicted octanol–water partition coefficient (Wildman–Crippen LogP) is 1.82. The van der Waals surface area contributed by atoms with Gasteiger partial charge in [-0.15, -0.1) is 0 Å². The van der Waals surface area contributed by atoms with E-state index < -0.39 is 12.1 Å². The SMILES string of the molecule is CC(=O)OC(C)C#CC(=O)c1ccccc1. The summed E-state index contributed by atoms with van der Waals surface area (Å²) in [6.45, 7) is 2.92. The van der Waals surface area contributed by atoms with Gasteiger partial charge in [-0.2, -0.15) is 0 Å². The van der Waals surface area contributed by atoms with Crippen LogP contribution in [0.1, 0.15) is 24.2 Å². The van der Waals surface area contributed by atoms with Crippen LogP contribution in [0.25, 0.3) is 0 Å². The summed E-state index contributed by atoms with van der Waals surface area (Å²) in [5, 5.41) is 0. The summed E-state index contributed by atoms with van der Waals surface area (Å²) in [4.78, 5) is 22.1. The number of carbonyl (C=O) groups is 2. The largest absolute Gasteiger partial charge is 0.450 e. The summed E-state index contributed by atoms with van der Waals surface area (Å²) in [6.07, 6.45) is -0.565. The molecule has 0 fully saturated rings. The van der Waals surface area contributed by atoms with Gasteiger partial charge in [0, 0.05) is 12.5 Å². The van der Waals surface area contributed by atoms with Crippen LogP contribution in [0, 0.1) is 11.8 Å². The van der Waals surface area contributed by atoms with Crippen LogP contribution in [-0.4, -0.2) is 17.9 Å². The van der Waals surface area contributed by atoms with Crippen molar-refractivity contribution in [3.05, 3.63) is 35.9 Å². The number of ether oxygens (including phenoxy) is 1. The van der Waals surface area contributed by atoms with Crippen molar-refractivity contribution in [1.82, 2.24) is 0 Å². The highest BCUT2D eigenvalue weighted by Crippen LogP contribution is 1.99. The first-order valence-electron chi connectivity index (χ1n) is 4.87. The fourth-order valence-corrected chi connectivity index (χ4v) is 1.11. The Bertz CT molecular complexity index is 437. The zero-order valence-corrected chi connectivity index (χ0v) is 9.19. The monoisotopic (exact) mass is 216 g/mol. The Hall–Kier alpha value is -2.08. The highest BCUT2D eigenvalue weighted by atomic mass is 16.5. The van der Waals surface area contributed by atoms with Crippen molar-refractivity contribution in [2.45, 2.75) is 20.0 Å². The summed E-state index contributed by atoms with van der Waals surface area (Å²) in [7, 11) is 0. The van der Waals surface area contributed by atoms with Crippen molar-refractivity contribution >= 4 is 11.8 Å². The lowest BCUT2D eigenvalue weighted by Crippen LogP contribution is -2.10. The highest BCUT2D eigenvalue weighted by molar-refractivity contribution is 6.09. The topological polar surface area (TPSA) is 43.4 Å². The van der Waals surface area contributed by atoms with E-state index in [1.807, 2.05) is 6.07 Å². The minimum Gasteiger partial charge on any atom is -0.450 e. The van der Waals surface area contributed by atoms with E-state index in [1.165, 1.54) is 6.92 Å². The summed E-state index contributed by atoms with van der Waals surface area (Å²) in [5.74, 6) is 4.32. The number of carbonyl (C=O) groups excluding carboxylic acids is 2.